The predicted octanol–water partition coefficient (Wildman–Crippen LogP) is 2.94. The molecule has 0 saturated carbocycles. The standard InChI is InChI=1S/C16H14N2O2/c19-11-10-12-6-8-14(9-7-12)16-18-17-15(20-16)13-4-2-1-3-5-13/h1-9,19H,10-11H2. The van der Waals surface area contributed by atoms with E-state index in [0.29, 0.717) is 18.2 Å². The molecule has 4 nitrogen and oxygen atoms in total. The molecule has 3 aromatic rings. The minimum atomic E-state index is 0.151. The molecule has 1 aromatic heterocycles. The van der Waals surface area contributed by atoms with Crippen LogP contribution in [0.1, 0.15) is 5.56 Å². The predicted molar refractivity (Wildman–Crippen MR) is 76.0 cm³/mol. The van der Waals surface area contributed by atoms with Gasteiger partial charge in [-0.15, -0.1) is 10.2 Å². The van der Waals surface area contributed by atoms with Crippen molar-refractivity contribution in [2.75, 3.05) is 6.61 Å². The number of nitrogens with zero attached hydrogens (tertiary/aromatic N) is 2. The third kappa shape index (κ3) is 2.60. The van der Waals surface area contributed by atoms with E-state index in [9.17, 15) is 0 Å². The molecular weight excluding hydrogens is 252 g/mol. The molecule has 1 N–H and O–H groups in total. The van der Waals surface area contributed by atoms with Crippen molar-refractivity contribution in [2.24, 2.45) is 0 Å². The van der Waals surface area contributed by atoms with Crippen LogP contribution in [0.15, 0.2) is 59.0 Å². The van der Waals surface area contributed by atoms with Crippen molar-refractivity contribution in [1.29, 1.82) is 0 Å². The summed E-state index contributed by atoms with van der Waals surface area (Å²) >= 11 is 0. The first-order valence-corrected chi connectivity index (χ1v) is 6.46. The Balaban J connectivity index is 1.86. The molecule has 0 unspecified atom stereocenters. The highest BCUT2D eigenvalue weighted by Gasteiger charge is 2.09. The molecule has 0 aliphatic rings. The van der Waals surface area contributed by atoms with Gasteiger partial charge in [0.25, 0.3) is 0 Å². The topological polar surface area (TPSA) is 59.2 Å². The van der Waals surface area contributed by atoms with E-state index in [1.807, 2.05) is 54.6 Å². The Morgan fingerprint density at radius 3 is 2.00 bits per heavy atom. The highest BCUT2D eigenvalue weighted by atomic mass is 16.4. The fourth-order valence-electron chi connectivity index (χ4n) is 1.98. The number of aliphatic hydroxyl groups excluding tert-OH is 1. The van der Waals surface area contributed by atoms with Crippen LogP contribution >= 0.6 is 0 Å². The molecule has 2 aromatic carbocycles. The van der Waals surface area contributed by atoms with Gasteiger partial charge in [-0.1, -0.05) is 30.3 Å². The van der Waals surface area contributed by atoms with Crippen molar-refractivity contribution < 1.29 is 9.52 Å². The largest absolute Gasteiger partial charge is 0.416 e. The summed E-state index contributed by atoms with van der Waals surface area (Å²) in [6.07, 6.45) is 0.652. The second-order valence-corrected chi connectivity index (χ2v) is 4.45. The van der Waals surface area contributed by atoms with Crippen molar-refractivity contribution >= 4 is 0 Å². The van der Waals surface area contributed by atoms with Crippen LogP contribution in [-0.4, -0.2) is 21.9 Å². The first-order valence-electron chi connectivity index (χ1n) is 6.46. The Kier molecular flexibility index (Phi) is 3.56. The normalized spacial score (nSPS) is 10.7. The molecule has 0 fully saturated rings. The summed E-state index contributed by atoms with van der Waals surface area (Å²) in [6, 6.07) is 17.4. The summed E-state index contributed by atoms with van der Waals surface area (Å²) in [6.45, 7) is 0.151. The molecule has 0 aliphatic carbocycles. The molecule has 20 heavy (non-hydrogen) atoms. The fourth-order valence-corrected chi connectivity index (χ4v) is 1.98. The fraction of sp³-hybridized carbons (Fsp3) is 0.125. The lowest BCUT2D eigenvalue weighted by Crippen LogP contribution is -1.89. The van der Waals surface area contributed by atoms with Gasteiger partial charge in [-0.2, -0.15) is 0 Å². The summed E-state index contributed by atoms with van der Waals surface area (Å²) in [5.41, 5.74) is 2.86. The van der Waals surface area contributed by atoms with Crippen LogP contribution in [0.2, 0.25) is 0 Å². The second-order valence-electron chi connectivity index (χ2n) is 4.45. The minimum absolute atomic E-state index is 0.151. The maximum absolute atomic E-state index is 8.89. The molecule has 100 valence electrons. The van der Waals surface area contributed by atoms with Gasteiger partial charge >= 0.3 is 0 Å². The van der Waals surface area contributed by atoms with Gasteiger partial charge < -0.3 is 9.52 Å². The van der Waals surface area contributed by atoms with E-state index in [1.165, 1.54) is 0 Å². The van der Waals surface area contributed by atoms with E-state index in [0.717, 1.165) is 16.7 Å². The zero-order valence-corrected chi connectivity index (χ0v) is 10.9. The summed E-state index contributed by atoms with van der Waals surface area (Å²) in [5.74, 6) is 1.01. The van der Waals surface area contributed by atoms with Crippen molar-refractivity contribution in [1.82, 2.24) is 10.2 Å². The molecule has 3 rings (SSSR count). The zero-order valence-electron chi connectivity index (χ0n) is 10.9. The molecular formula is C16H14N2O2. The van der Waals surface area contributed by atoms with E-state index in [2.05, 4.69) is 10.2 Å². The summed E-state index contributed by atoms with van der Waals surface area (Å²) in [7, 11) is 0. The van der Waals surface area contributed by atoms with Crippen molar-refractivity contribution in [2.45, 2.75) is 6.42 Å². The lowest BCUT2D eigenvalue weighted by Gasteiger charge is -1.99. The Morgan fingerprint density at radius 2 is 1.40 bits per heavy atom. The van der Waals surface area contributed by atoms with Crippen LogP contribution in [-0.2, 0) is 6.42 Å². The van der Waals surface area contributed by atoms with E-state index in [1.54, 1.807) is 0 Å². The van der Waals surface area contributed by atoms with Crippen molar-refractivity contribution in [3.8, 4) is 22.9 Å². The van der Waals surface area contributed by atoms with Gasteiger partial charge in [0.1, 0.15) is 0 Å². The first kappa shape index (κ1) is 12.6. The second kappa shape index (κ2) is 5.67. The van der Waals surface area contributed by atoms with Crippen LogP contribution in [0.4, 0.5) is 0 Å². The molecule has 4 heteroatoms. The van der Waals surface area contributed by atoms with E-state index < -0.39 is 0 Å². The van der Waals surface area contributed by atoms with E-state index >= 15 is 0 Å². The maximum atomic E-state index is 8.89. The lowest BCUT2D eigenvalue weighted by molar-refractivity contribution is 0.299. The lowest BCUT2D eigenvalue weighted by atomic mass is 10.1. The number of aliphatic hydroxyl groups is 1. The van der Waals surface area contributed by atoms with Crippen LogP contribution in [0, 0.1) is 0 Å². The smallest absolute Gasteiger partial charge is 0.248 e. The number of hydrogen-bond acceptors (Lipinski definition) is 4. The van der Waals surface area contributed by atoms with Crippen LogP contribution < -0.4 is 0 Å². The quantitative estimate of drug-likeness (QED) is 0.788. The Morgan fingerprint density at radius 1 is 0.800 bits per heavy atom. The summed E-state index contributed by atoms with van der Waals surface area (Å²) < 4.78 is 5.68. The monoisotopic (exact) mass is 266 g/mol. The zero-order chi connectivity index (χ0) is 13.8. The van der Waals surface area contributed by atoms with Crippen molar-refractivity contribution in [3.63, 3.8) is 0 Å². The third-order valence-corrected chi connectivity index (χ3v) is 3.05. The Hall–Kier alpha value is -2.46. The Bertz CT molecular complexity index is 675. The van der Waals surface area contributed by atoms with Crippen LogP contribution in [0.5, 0.6) is 0 Å². The number of aromatic nitrogens is 2. The number of rotatable bonds is 4. The minimum Gasteiger partial charge on any atom is -0.416 e. The number of hydrogen-bond donors (Lipinski definition) is 1. The van der Waals surface area contributed by atoms with E-state index in [-0.39, 0.29) is 6.61 Å². The molecule has 0 amide bonds. The average molecular weight is 266 g/mol. The maximum Gasteiger partial charge on any atom is 0.248 e. The van der Waals surface area contributed by atoms with Crippen LogP contribution in [0.3, 0.4) is 0 Å². The first-order chi connectivity index (χ1) is 9.86. The molecule has 1 heterocycles. The molecule has 0 bridgehead atoms. The summed E-state index contributed by atoms with van der Waals surface area (Å²) in [5, 5.41) is 17.0. The Labute approximate surface area is 116 Å². The van der Waals surface area contributed by atoms with E-state index in [4.69, 9.17) is 9.52 Å². The van der Waals surface area contributed by atoms with Gasteiger partial charge in [0.2, 0.25) is 11.8 Å². The van der Waals surface area contributed by atoms with Gasteiger partial charge in [-0.25, -0.2) is 0 Å². The highest BCUT2D eigenvalue weighted by molar-refractivity contribution is 5.57. The molecule has 0 radical (unpaired) electrons. The van der Waals surface area contributed by atoms with Gasteiger partial charge in [-0.3, -0.25) is 0 Å². The highest BCUT2D eigenvalue weighted by Crippen LogP contribution is 2.23. The molecule has 0 saturated heterocycles. The van der Waals surface area contributed by atoms with Crippen LogP contribution in [0.25, 0.3) is 22.9 Å². The summed E-state index contributed by atoms with van der Waals surface area (Å²) in [4.78, 5) is 0. The van der Waals surface area contributed by atoms with Gasteiger partial charge in [0.05, 0.1) is 0 Å². The van der Waals surface area contributed by atoms with Gasteiger partial charge in [0.15, 0.2) is 0 Å². The molecule has 0 spiro atoms. The molecule has 0 atom stereocenters. The number of benzene rings is 2. The third-order valence-electron chi connectivity index (χ3n) is 3.05. The van der Waals surface area contributed by atoms with Gasteiger partial charge in [0, 0.05) is 17.7 Å². The van der Waals surface area contributed by atoms with Gasteiger partial charge in [-0.05, 0) is 36.2 Å². The SMILES string of the molecule is OCCc1ccc(-c2nnc(-c3ccccc3)o2)cc1. The average Bonchev–Trinajstić information content (AvgIpc) is 2.99. The molecule has 0 aliphatic heterocycles. The van der Waals surface area contributed by atoms with Crippen molar-refractivity contribution in [3.05, 3.63) is 60.2 Å².